The predicted octanol–water partition coefficient (Wildman–Crippen LogP) is 4.66. The molecule has 1 aromatic heterocycles. The van der Waals surface area contributed by atoms with Crippen LogP contribution in [0.4, 0.5) is 5.69 Å². The highest BCUT2D eigenvalue weighted by molar-refractivity contribution is 6.30. The van der Waals surface area contributed by atoms with Gasteiger partial charge in [0, 0.05) is 35.3 Å². The summed E-state index contributed by atoms with van der Waals surface area (Å²) in [5.41, 5.74) is 2.49. The molecular formula is C21H20ClN3O3. The SMILES string of the molecule is CCCC(=O)Nc1cccc(CNC(=O)c2cc(-c3cccc(Cl)c3)on2)c1. The number of carbonyl (C=O) groups is 2. The number of rotatable bonds is 7. The van der Waals surface area contributed by atoms with Crippen molar-refractivity contribution in [2.45, 2.75) is 26.3 Å². The van der Waals surface area contributed by atoms with E-state index in [9.17, 15) is 9.59 Å². The van der Waals surface area contributed by atoms with Gasteiger partial charge in [-0.2, -0.15) is 0 Å². The van der Waals surface area contributed by atoms with Gasteiger partial charge >= 0.3 is 0 Å². The van der Waals surface area contributed by atoms with Gasteiger partial charge in [-0.15, -0.1) is 0 Å². The van der Waals surface area contributed by atoms with Crippen LogP contribution >= 0.6 is 11.6 Å². The van der Waals surface area contributed by atoms with Gasteiger partial charge in [-0.25, -0.2) is 0 Å². The number of halogens is 1. The minimum atomic E-state index is -0.350. The minimum absolute atomic E-state index is 0.0279. The second-order valence-electron chi connectivity index (χ2n) is 6.27. The molecule has 3 rings (SSSR count). The quantitative estimate of drug-likeness (QED) is 0.607. The average Bonchev–Trinajstić information content (AvgIpc) is 3.17. The van der Waals surface area contributed by atoms with Gasteiger partial charge in [-0.3, -0.25) is 9.59 Å². The molecule has 0 aliphatic carbocycles. The van der Waals surface area contributed by atoms with Gasteiger partial charge < -0.3 is 15.2 Å². The first kappa shape index (κ1) is 19.6. The fourth-order valence-electron chi connectivity index (χ4n) is 2.64. The van der Waals surface area contributed by atoms with Crippen molar-refractivity contribution < 1.29 is 14.1 Å². The molecule has 0 bridgehead atoms. The maximum atomic E-state index is 12.3. The first-order valence-electron chi connectivity index (χ1n) is 8.95. The Balaban J connectivity index is 1.61. The molecule has 2 aromatic carbocycles. The number of aromatic nitrogens is 1. The molecule has 6 nitrogen and oxygen atoms in total. The van der Waals surface area contributed by atoms with Crippen molar-refractivity contribution in [1.82, 2.24) is 10.5 Å². The maximum Gasteiger partial charge on any atom is 0.273 e. The Kier molecular flexibility index (Phi) is 6.45. The highest BCUT2D eigenvalue weighted by Gasteiger charge is 2.14. The predicted molar refractivity (Wildman–Crippen MR) is 108 cm³/mol. The zero-order valence-electron chi connectivity index (χ0n) is 15.4. The van der Waals surface area contributed by atoms with Crippen LogP contribution in [0.2, 0.25) is 5.02 Å². The van der Waals surface area contributed by atoms with Crippen LogP contribution in [0.3, 0.4) is 0 Å². The number of anilines is 1. The Morgan fingerprint density at radius 3 is 2.71 bits per heavy atom. The Bertz CT molecular complexity index is 984. The van der Waals surface area contributed by atoms with E-state index in [1.54, 1.807) is 24.3 Å². The molecule has 2 amide bonds. The lowest BCUT2D eigenvalue weighted by molar-refractivity contribution is -0.116. The third-order valence-corrected chi connectivity index (χ3v) is 4.23. The molecule has 0 aliphatic heterocycles. The molecule has 0 spiro atoms. The average molecular weight is 398 g/mol. The minimum Gasteiger partial charge on any atom is -0.355 e. The van der Waals surface area contributed by atoms with E-state index in [1.807, 2.05) is 37.3 Å². The van der Waals surface area contributed by atoms with Crippen LogP contribution in [-0.2, 0) is 11.3 Å². The largest absolute Gasteiger partial charge is 0.355 e. The van der Waals surface area contributed by atoms with Gasteiger partial charge in [0.05, 0.1) is 0 Å². The van der Waals surface area contributed by atoms with Crippen molar-refractivity contribution in [1.29, 1.82) is 0 Å². The van der Waals surface area contributed by atoms with Crippen LogP contribution < -0.4 is 10.6 Å². The molecule has 28 heavy (non-hydrogen) atoms. The summed E-state index contributed by atoms with van der Waals surface area (Å²) in [5, 5.41) is 10.0. The number of nitrogens with zero attached hydrogens (tertiary/aromatic N) is 1. The molecule has 0 aliphatic rings. The summed E-state index contributed by atoms with van der Waals surface area (Å²) in [6.45, 7) is 2.25. The van der Waals surface area contributed by atoms with E-state index in [0.717, 1.165) is 17.5 Å². The van der Waals surface area contributed by atoms with Crippen molar-refractivity contribution >= 4 is 29.1 Å². The van der Waals surface area contributed by atoms with Crippen LogP contribution in [0.25, 0.3) is 11.3 Å². The molecule has 0 radical (unpaired) electrons. The van der Waals surface area contributed by atoms with Crippen LogP contribution in [-0.4, -0.2) is 17.0 Å². The molecule has 1 heterocycles. The first-order chi connectivity index (χ1) is 13.5. The summed E-state index contributed by atoms with van der Waals surface area (Å²) in [4.78, 5) is 24.1. The summed E-state index contributed by atoms with van der Waals surface area (Å²) in [6, 6.07) is 16.0. The number of nitrogens with one attached hydrogen (secondary N) is 2. The molecule has 0 atom stereocenters. The van der Waals surface area contributed by atoms with Gasteiger partial charge in [0.25, 0.3) is 5.91 Å². The summed E-state index contributed by atoms with van der Waals surface area (Å²) in [6.07, 6.45) is 1.26. The van der Waals surface area contributed by atoms with Crippen LogP contribution in [0.15, 0.2) is 59.1 Å². The molecule has 0 saturated heterocycles. The highest BCUT2D eigenvalue weighted by atomic mass is 35.5. The molecular weight excluding hydrogens is 378 g/mol. The highest BCUT2D eigenvalue weighted by Crippen LogP contribution is 2.23. The summed E-state index contributed by atoms with van der Waals surface area (Å²) in [7, 11) is 0. The Morgan fingerprint density at radius 2 is 1.93 bits per heavy atom. The van der Waals surface area contributed by atoms with Crippen molar-refractivity contribution in [2.24, 2.45) is 0 Å². The Labute approximate surface area is 167 Å². The van der Waals surface area contributed by atoms with Crippen LogP contribution in [0, 0.1) is 0 Å². The van der Waals surface area contributed by atoms with Gasteiger partial charge in [0.2, 0.25) is 5.91 Å². The van der Waals surface area contributed by atoms with Crippen molar-refractivity contribution in [3.63, 3.8) is 0 Å². The van der Waals surface area contributed by atoms with Crippen molar-refractivity contribution in [2.75, 3.05) is 5.32 Å². The zero-order valence-corrected chi connectivity index (χ0v) is 16.1. The van der Waals surface area contributed by atoms with E-state index < -0.39 is 0 Å². The van der Waals surface area contributed by atoms with E-state index >= 15 is 0 Å². The number of hydrogen-bond donors (Lipinski definition) is 2. The van der Waals surface area contributed by atoms with Crippen LogP contribution in [0.5, 0.6) is 0 Å². The molecule has 2 N–H and O–H groups in total. The Hall–Kier alpha value is -3.12. The second-order valence-corrected chi connectivity index (χ2v) is 6.70. The fourth-order valence-corrected chi connectivity index (χ4v) is 2.83. The summed E-state index contributed by atoms with van der Waals surface area (Å²) < 4.78 is 5.25. The molecule has 7 heteroatoms. The number of carbonyl (C=O) groups excluding carboxylic acids is 2. The lowest BCUT2D eigenvalue weighted by atomic mass is 10.1. The van der Waals surface area contributed by atoms with Crippen molar-refractivity contribution in [3.05, 3.63) is 70.9 Å². The molecule has 0 fully saturated rings. The smallest absolute Gasteiger partial charge is 0.273 e. The summed E-state index contributed by atoms with van der Waals surface area (Å²) >= 11 is 5.98. The lowest BCUT2D eigenvalue weighted by Crippen LogP contribution is -2.23. The lowest BCUT2D eigenvalue weighted by Gasteiger charge is -2.07. The maximum absolute atomic E-state index is 12.3. The normalized spacial score (nSPS) is 10.5. The Morgan fingerprint density at radius 1 is 1.11 bits per heavy atom. The zero-order chi connectivity index (χ0) is 19.9. The van der Waals surface area contributed by atoms with Crippen molar-refractivity contribution in [3.8, 4) is 11.3 Å². The fraction of sp³-hybridized carbons (Fsp3) is 0.190. The molecule has 144 valence electrons. The third-order valence-electron chi connectivity index (χ3n) is 3.99. The van der Waals surface area contributed by atoms with Gasteiger partial charge in [-0.1, -0.05) is 47.9 Å². The van der Waals surface area contributed by atoms with E-state index in [1.165, 1.54) is 0 Å². The first-order valence-corrected chi connectivity index (χ1v) is 9.32. The molecule has 3 aromatic rings. The van der Waals surface area contributed by atoms with Gasteiger partial charge in [0.15, 0.2) is 11.5 Å². The number of amides is 2. The van der Waals surface area contributed by atoms with Gasteiger partial charge in [0.1, 0.15) is 0 Å². The topological polar surface area (TPSA) is 84.2 Å². The van der Waals surface area contributed by atoms with E-state index in [-0.39, 0.29) is 17.5 Å². The van der Waals surface area contributed by atoms with E-state index in [0.29, 0.717) is 29.4 Å². The number of benzene rings is 2. The van der Waals surface area contributed by atoms with Crippen LogP contribution in [0.1, 0.15) is 35.8 Å². The monoisotopic (exact) mass is 397 g/mol. The molecule has 0 unspecified atom stereocenters. The third kappa shape index (κ3) is 5.20. The standard InChI is InChI=1S/C21H20ClN3O3/c1-2-5-20(26)24-17-9-3-6-14(10-17)13-23-21(27)18-12-19(28-25-18)15-7-4-8-16(22)11-15/h3-4,6-12H,2,5,13H2,1H3,(H,23,27)(H,24,26). The van der Waals surface area contributed by atoms with Gasteiger partial charge in [-0.05, 0) is 36.2 Å². The summed E-state index contributed by atoms with van der Waals surface area (Å²) in [5.74, 6) is 0.0885. The molecule has 0 saturated carbocycles. The van der Waals surface area contributed by atoms with E-state index in [2.05, 4.69) is 15.8 Å². The number of hydrogen-bond acceptors (Lipinski definition) is 4. The van der Waals surface area contributed by atoms with E-state index in [4.69, 9.17) is 16.1 Å². The second kappa shape index (κ2) is 9.19.